The van der Waals surface area contributed by atoms with E-state index in [2.05, 4.69) is 18.5 Å². The van der Waals surface area contributed by atoms with Crippen molar-refractivity contribution in [2.45, 2.75) is 13.0 Å². The first-order valence-electron chi connectivity index (χ1n) is 8.40. The van der Waals surface area contributed by atoms with Gasteiger partial charge in [0.05, 0.1) is 11.7 Å². The summed E-state index contributed by atoms with van der Waals surface area (Å²) in [5.74, 6) is 2.33. The lowest BCUT2D eigenvalue weighted by Gasteiger charge is -2.37. The number of nitrogens with zero attached hydrogens (tertiary/aromatic N) is 4. The van der Waals surface area contributed by atoms with Crippen LogP contribution in [0.1, 0.15) is 17.4 Å². The first-order chi connectivity index (χ1) is 12.2. The minimum atomic E-state index is -0.0300. The van der Waals surface area contributed by atoms with Gasteiger partial charge in [-0.1, -0.05) is 12.1 Å². The van der Waals surface area contributed by atoms with E-state index in [1.807, 2.05) is 24.3 Å². The Balaban J connectivity index is 0.00000196. The van der Waals surface area contributed by atoms with Gasteiger partial charge in [0.15, 0.2) is 28.8 Å². The van der Waals surface area contributed by atoms with E-state index in [9.17, 15) is 4.79 Å². The Hall–Kier alpha value is -1.90. The monoisotopic (exact) mass is 396 g/mol. The summed E-state index contributed by atoms with van der Waals surface area (Å²) in [5.41, 5.74) is 0.485. The van der Waals surface area contributed by atoms with Crippen LogP contribution in [0.15, 0.2) is 24.3 Å². The van der Waals surface area contributed by atoms with E-state index in [1.54, 1.807) is 0 Å². The molecule has 3 heterocycles. The highest BCUT2D eigenvalue weighted by molar-refractivity contribution is 6.99. The van der Waals surface area contributed by atoms with Gasteiger partial charge in [-0.05, 0) is 12.1 Å². The molecule has 1 saturated heterocycles. The summed E-state index contributed by atoms with van der Waals surface area (Å²) in [6.45, 7) is 6.39. The number of ether oxygens (including phenoxy) is 2. The summed E-state index contributed by atoms with van der Waals surface area (Å²) in [6.07, 6.45) is 0.0372. The smallest absolute Gasteiger partial charge is 0.183 e. The van der Waals surface area contributed by atoms with Crippen LogP contribution in [0.5, 0.6) is 11.5 Å². The number of fused-ring (bicyclic) bond motifs is 1. The largest absolute Gasteiger partial charge is 0.486 e. The van der Waals surface area contributed by atoms with Gasteiger partial charge in [0.1, 0.15) is 12.7 Å². The van der Waals surface area contributed by atoms with Crippen molar-refractivity contribution < 1.29 is 14.3 Å². The molecule has 1 unspecified atom stereocenters. The first kappa shape index (κ1) is 18.9. The number of piperazine rings is 1. The highest BCUT2D eigenvalue weighted by atomic mass is 35.5. The van der Waals surface area contributed by atoms with Crippen molar-refractivity contribution >= 4 is 35.7 Å². The highest BCUT2D eigenvalue weighted by Gasteiger charge is 2.27. The summed E-state index contributed by atoms with van der Waals surface area (Å²) in [5, 5.41) is 0. The number of aromatic nitrogens is 2. The van der Waals surface area contributed by atoms with Gasteiger partial charge in [-0.25, -0.2) is 0 Å². The van der Waals surface area contributed by atoms with Crippen LogP contribution in [0.4, 0.5) is 5.82 Å². The van der Waals surface area contributed by atoms with Crippen LogP contribution < -0.4 is 14.4 Å². The van der Waals surface area contributed by atoms with E-state index in [-0.39, 0.29) is 24.3 Å². The molecule has 0 aliphatic carbocycles. The number of carbonyl (C=O) groups is 1. The van der Waals surface area contributed by atoms with Gasteiger partial charge in [0.2, 0.25) is 0 Å². The van der Waals surface area contributed by atoms with Crippen LogP contribution in [-0.4, -0.2) is 64.9 Å². The van der Waals surface area contributed by atoms with Crippen LogP contribution >= 0.6 is 24.1 Å². The molecule has 2 aliphatic heterocycles. The minimum Gasteiger partial charge on any atom is -0.486 e. The van der Waals surface area contributed by atoms with Crippen LogP contribution in [0.2, 0.25) is 0 Å². The summed E-state index contributed by atoms with van der Waals surface area (Å²) in [6, 6.07) is 7.78. The molecule has 7 nitrogen and oxygen atoms in total. The van der Waals surface area contributed by atoms with Gasteiger partial charge < -0.3 is 14.4 Å². The summed E-state index contributed by atoms with van der Waals surface area (Å²) in [7, 11) is 0. The molecule has 0 spiro atoms. The van der Waals surface area contributed by atoms with E-state index in [4.69, 9.17) is 9.47 Å². The highest BCUT2D eigenvalue weighted by Crippen LogP contribution is 2.31. The van der Waals surface area contributed by atoms with E-state index in [0.717, 1.165) is 61.8 Å². The standard InChI is InChI=1S/C17H20N4O3S.ClH/c1-12(22)16-17(19-25-18-16)21-8-6-20(7-9-21)10-13-11-23-14-4-2-3-5-15(14)24-13;/h2-5,13H,6-11H2,1H3;1H. The number of para-hydroxylation sites is 2. The average molecular weight is 397 g/mol. The van der Waals surface area contributed by atoms with Crippen LogP contribution in [0.3, 0.4) is 0 Å². The Morgan fingerprint density at radius 2 is 1.92 bits per heavy atom. The molecule has 2 aliphatic rings. The molecule has 0 saturated carbocycles. The fourth-order valence-corrected chi connectivity index (χ4v) is 3.81. The molecule has 0 radical (unpaired) electrons. The van der Waals surface area contributed by atoms with Crippen molar-refractivity contribution in [1.82, 2.24) is 13.6 Å². The Bertz CT molecular complexity index is 764. The lowest BCUT2D eigenvalue weighted by molar-refractivity contribution is 0.0571. The Labute approximate surface area is 162 Å². The molecule has 2 aromatic rings. The third-order valence-electron chi connectivity index (χ3n) is 4.51. The normalized spacial score (nSPS) is 19.7. The quantitative estimate of drug-likeness (QED) is 0.733. The first-order valence-corrected chi connectivity index (χ1v) is 9.13. The van der Waals surface area contributed by atoms with Crippen molar-refractivity contribution in [2.75, 3.05) is 44.2 Å². The van der Waals surface area contributed by atoms with Crippen molar-refractivity contribution in [3.05, 3.63) is 30.0 Å². The number of halogens is 1. The summed E-state index contributed by atoms with van der Waals surface area (Å²) >= 11 is 1.10. The summed E-state index contributed by atoms with van der Waals surface area (Å²) in [4.78, 5) is 16.1. The SMILES string of the molecule is CC(=O)c1nsnc1N1CCN(CC2COc3ccccc3O2)CC1.Cl. The molecule has 26 heavy (non-hydrogen) atoms. The molecular formula is C17H21ClN4O3S. The van der Waals surface area contributed by atoms with Crippen molar-refractivity contribution in [3.8, 4) is 11.5 Å². The fraction of sp³-hybridized carbons (Fsp3) is 0.471. The number of anilines is 1. The van der Waals surface area contributed by atoms with Gasteiger partial charge >= 0.3 is 0 Å². The molecule has 1 atom stereocenters. The maximum atomic E-state index is 11.6. The molecule has 0 bridgehead atoms. The number of hydrogen-bond donors (Lipinski definition) is 0. The number of carbonyl (C=O) groups excluding carboxylic acids is 1. The molecule has 140 valence electrons. The molecule has 1 aromatic carbocycles. The third kappa shape index (κ3) is 3.92. The predicted molar refractivity (Wildman–Crippen MR) is 102 cm³/mol. The number of ketones is 1. The Morgan fingerprint density at radius 3 is 2.65 bits per heavy atom. The molecule has 0 amide bonds. The second-order valence-corrected chi connectivity index (χ2v) is 6.81. The van der Waals surface area contributed by atoms with Crippen molar-refractivity contribution in [1.29, 1.82) is 0 Å². The summed E-state index contributed by atoms with van der Waals surface area (Å²) < 4.78 is 20.2. The van der Waals surface area contributed by atoms with E-state index < -0.39 is 0 Å². The maximum absolute atomic E-state index is 11.6. The lowest BCUT2D eigenvalue weighted by Crippen LogP contribution is -2.51. The molecule has 4 rings (SSSR count). The zero-order valence-corrected chi connectivity index (χ0v) is 16.1. The third-order valence-corrected chi connectivity index (χ3v) is 5.02. The molecule has 0 N–H and O–H groups in total. The second-order valence-electron chi connectivity index (χ2n) is 6.28. The maximum Gasteiger partial charge on any atom is 0.183 e. The predicted octanol–water partition coefficient (Wildman–Crippen LogP) is 2.12. The Morgan fingerprint density at radius 1 is 1.19 bits per heavy atom. The average Bonchev–Trinajstić information content (AvgIpc) is 3.12. The molecule has 1 aromatic heterocycles. The van der Waals surface area contributed by atoms with Crippen molar-refractivity contribution in [2.24, 2.45) is 0 Å². The molecule has 1 fully saturated rings. The fourth-order valence-electron chi connectivity index (χ4n) is 3.20. The Kier molecular flexibility index (Phi) is 5.95. The van der Waals surface area contributed by atoms with Crippen LogP contribution in [0.25, 0.3) is 0 Å². The minimum absolute atomic E-state index is 0. The number of rotatable bonds is 4. The zero-order valence-electron chi connectivity index (χ0n) is 14.5. The van der Waals surface area contributed by atoms with Crippen LogP contribution in [-0.2, 0) is 0 Å². The zero-order chi connectivity index (χ0) is 17.2. The van der Waals surface area contributed by atoms with Gasteiger partial charge in [-0.3, -0.25) is 9.69 Å². The topological polar surface area (TPSA) is 67.8 Å². The number of hydrogen-bond acceptors (Lipinski definition) is 8. The van der Waals surface area contributed by atoms with E-state index in [1.165, 1.54) is 6.92 Å². The number of benzene rings is 1. The second kappa shape index (κ2) is 8.20. The van der Waals surface area contributed by atoms with Gasteiger partial charge in [-0.2, -0.15) is 8.75 Å². The van der Waals surface area contributed by atoms with E-state index >= 15 is 0 Å². The number of Topliss-reactive ketones (excluding diaryl/α,β-unsaturated/α-hetero) is 1. The molecular weight excluding hydrogens is 376 g/mol. The van der Waals surface area contributed by atoms with Gasteiger partial charge in [0, 0.05) is 39.6 Å². The van der Waals surface area contributed by atoms with Gasteiger partial charge in [0.25, 0.3) is 0 Å². The lowest BCUT2D eigenvalue weighted by atomic mass is 10.2. The van der Waals surface area contributed by atoms with Crippen LogP contribution in [0, 0.1) is 0 Å². The van der Waals surface area contributed by atoms with Gasteiger partial charge in [-0.15, -0.1) is 12.4 Å². The van der Waals surface area contributed by atoms with E-state index in [0.29, 0.717) is 12.3 Å². The van der Waals surface area contributed by atoms with Crippen molar-refractivity contribution in [3.63, 3.8) is 0 Å². The molecule has 9 heteroatoms.